The van der Waals surface area contributed by atoms with E-state index < -0.39 is 0 Å². The Kier molecular flexibility index (Phi) is 6.21. The minimum atomic E-state index is -0.199. The summed E-state index contributed by atoms with van der Waals surface area (Å²) in [5.41, 5.74) is 5.27. The summed E-state index contributed by atoms with van der Waals surface area (Å²) in [7, 11) is 0. The van der Waals surface area contributed by atoms with Gasteiger partial charge in [-0.25, -0.2) is 0 Å². The SMILES string of the molecule is CCCCCCN(C(=N)NC(=N)N)c1cccs1. The molecule has 0 fully saturated rings. The van der Waals surface area contributed by atoms with Crippen LogP contribution in [0.15, 0.2) is 17.5 Å². The van der Waals surface area contributed by atoms with Gasteiger partial charge in [0, 0.05) is 6.54 Å². The molecule has 0 radical (unpaired) electrons. The Morgan fingerprint density at radius 3 is 2.72 bits per heavy atom. The lowest BCUT2D eigenvalue weighted by molar-refractivity contribution is 0.670. The molecule has 0 aliphatic carbocycles. The van der Waals surface area contributed by atoms with E-state index in [1.165, 1.54) is 12.8 Å². The summed E-state index contributed by atoms with van der Waals surface area (Å²) < 4.78 is 0. The molecule has 18 heavy (non-hydrogen) atoms. The lowest BCUT2D eigenvalue weighted by Crippen LogP contribution is -2.46. The van der Waals surface area contributed by atoms with Gasteiger partial charge in [0.15, 0.2) is 5.96 Å². The first-order chi connectivity index (χ1) is 8.65. The first-order valence-electron chi connectivity index (χ1n) is 6.15. The number of hydrogen-bond donors (Lipinski definition) is 4. The molecule has 0 aliphatic rings. The molecule has 100 valence electrons. The Morgan fingerprint density at radius 2 is 2.17 bits per heavy atom. The van der Waals surface area contributed by atoms with Gasteiger partial charge in [-0.05, 0) is 23.9 Å². The third kappa shape index (κ3) is 4.75. The minimum Gasteiger partial charge on any atom is -0.370 e. The maximum absolute atomic E-state index is 7.93. The van der Waals surface area contributed by atoms with Crippen LogP contribution in [0, 0.1) is 10.8 Å². The van der Waals surface area contributed by atoms with E-state index in [0.717, 1.165) is 24.4 Å². The van der Waals surface area contributed by atoms with Gasteiger partial charge in [-0.1, -0.05) is 26.2 Å². The van der Waals surface area contributed by atoms with Crippen molar-refractivity contribution in [3.05, 3.63) is 17.5 Å². The maximum Gasteiger partial charge on any atom is 0.203 e. The zero-order valence-electron chi connectivity index (χ0n) is 10.7. The van der Waals surface area contributed by atoms with Crippen molar-refractivity contribution < 1.29 is 0 Å². The van der Waals surface area contributed by atoms with E-state index in [1.54, 1.807) is 11.3 Å². The van der Waals surface area contributed by atoms with E-state index in [4.69, 9.17) is 16.6 Å². The van der Waals surface area contributed by atoms with Crippen LogP contribution in [0.1, 0.15) is 32.6 Å². The van der Waals surface area contributed by atoms with Gasteiger partial charge in [-0.2, -0.15) is 0 Å². The maximum atomic E-state index is 7.93. The lowest BCUT2D eigenvalue weighted by Gasteiger charge is -2.23. The van der Waals surface area contributed by atoms with Crippen LogP contribution in [0.25, 0.3) is 0 Å². The normalized spacial score (nSPS) is 10.1. The Hall–Kier alpha value is -1.56. The van der Waals surface area contributed by atoms with Crippen molar-refractivity contribution in [3.63, 3.8) is 0 Å². The molecule has 1 rings (SSSR count). The van der Waals surface area contributed by atoms with Crippen LogP contribution in [0.3, 0.4) is 0 Å². The number of hydrogen-bond acceptors (Lipinski definition) is 3. The van der Waals surface area contributed by atoms with Gasteiger partial charge < -0.3 is 10.6 Å². The minimum absolute atomic E-state index is 0.168. The number of thiophene rings is 1. The first-order valence-corrected chi connectivity index (χ1v) is 7.03. The van der Waals surface area contributed by atoms with Crippen LogP contribution >= 0.6 is 11.3 Å². The molecule has 1 heterocycles. The highest BCUT2D eigenvalue weighted by molar-refractivity contribution is 7.14. The van der Waals surface area contributed by atoms with Gasteiger partial charge in [0.05, 0.1) is 5.00 Å². The predicted octanol–water partition coefficient (Wildman–Crippen LogP) is 2.55. The number of anilines is 1. The van der Waals surface area contributed by atoms with Gasteiger partial charge in [-0.15, -0.1) is 11.3 Å². The molecule has 5 N–H and O–H groups in total. The molecular formula is C12H21N5S. The summed E-state index contributed by atoms with van der Waals surface area (Å²) in [4.78, 5) is 1.86. The van der Waals surface area contributed by atoms with Crippen molar-refractivity contribution in [2.45, 2.75) is 32.6 Å². The summed E-state index contributed by atoms with van der Waals surface area (Å²) in [6.45, 7) is 2.95. The van der Waals surface area contributed by atoms with E-state index in [2.05, 4.69) is 12.2 Å². The van der Waals surface area contributed by atoms with Crippen LogP contribution in [-0.2, 0) is 0 Å². The van der Waals surface area contributed by atoms with Crippen molar-refractivity contribution >= 4 is 28.3 Å². The fraction of sp³-hybridized carbons (Fsp3) is 0.500. The number of nitrogens with one attached hydrogen (secondary N) is 3. The molecule has 1 aromatic heterocycles. The summed E-state index contributed by atoms with van der Waals surface area (Å²) >= 11 is 1.58. The zero-order chi connectivity index (χ0) is 13.4. The topological polar surface area (TPSA) is 89.0 Å². The molecule has 5 nitrogen and oxygen atoms in total. The Morgan fingerprint density at radius 1 is 1.39 bits per heavy atom. The molecule has 0 aliphatic heterocycles. The van der Waals surface area contributed by atoms with Crippen molar-refractivity contribution in [3.8, 4) is 0 Å². The summed E-state index contributed by atoms with van der Waals surface area (Å²) in [6, 6.07) is 3.93. The second kappa shape index (κ2) is 7.71. The van der Waals surface area contributed by atoms with Crippen LogP contribution in [-0.4, -0.2) is 18.5 Å². The highest BCUT2D eigenvalue weighted by Gasteiger charge is 2.13. The van der Waals surface area contributed by atoms with E-state index in [-0.39, 0.29) is 11.9 Å². The van der Waals surface area contributed by atoms with Crippen LogP contribution < -0.4 is 16.0 Å². The monoisotopic (exact) mass is 267 g/mol. The highest BCUT2D eigenvalue weighted by Crippen LogP contribution is 2.21. The molecule has 0 amide bonds. The van der Waals surface area contributed by atoms with Gasteiger partial charge >= 0.3 is 0 Å². The second-order valence-electron chi connectivity index (χ2n) is 4.05. The van der Waals surface area contributed by atoms with E-state index >= 15 is 0 Å². The van der Waals surface area contributed by atoms with E-state index in [9.17, 15) is 0 Å². The van der Waals surface area contributed by atoms with Crippen LogP contribution in [0.5, 0.6) is 0 Å². The van der Waals surface area contributed by atoms with Crippen LogP contribution in [0.4, 0.5) is 5.00 Å². The summed E-state index contributed by atoms with van der Waals surface area (Å²) in [5, 5.41) is 20.7. The first kappa shape index (κ1) is 14.5. The van der Waals surface area contributed by atoms with E-state index in [0.29, 0.717) is 0 Å². The molecule has 1 aromatic rings. The quantitative estimate of drug-likeness (QED) is 0.363. The number of nitrogens with zero attached hydrogens (tertiary/aromatic N) is 1. The molecule has 0 unspecified atom stereocenters. The number of rotatable bonds is 6. The summed E-state index contributed by atoms with van der Waals surface area (Å²) in [6.07, 6.45) is 4.60. The van der Waals surface area contributed by atoms with Crippen molar-refractivity contribution in [1.29, 1.82) is 10.8 Å². The average Bonchev–Trinajstić information content (AvgIpc) is 2.81. The molecule has 0 saturated carbocycles. The van der Waals surface area contributed by atoms with Crippen molar-refractivity contribution in [1.82, 2.24) is 5.32 Å². The fourth-order valence-corrected chi connectivity index (χ4v) is 2.41. The van der Waals surface area contributed by atoms with Gasteiger partial charge in [0.25, 0.3) is 0 Å². The van der Waals surface area contributed by atoms with Gasteiger partial charge in [-0.3, -0.25) is 16.1 Å². The van der Waals surface area contributed by atoms with Gasteiger partial charge in [0.1, 0.15) is 0 Å². The Bertz CT molecular complexity index is 374. The predicted molar refractivity (Wildman–Crippen MR) is 78.6 cm³/mol. The molecular weight excluding hydrogens is 246 g/mol. The molecule has 0 saturated heterocycles. The molecule has 0 spiro atoms. The largest absolute Gasteiger partial charge is 0.370 e. The Balaban J connectivity index is 2.58. The molecule has 0 bridgehead atoms. The third-order valence-electron chi connectivity index (χ3n) is 2.53. The zero-order valence-corrected chi connectivity index (χ0v) is 11.5. The van der Waals surface area contributed by atoms with Crippen LogP contribution in [0.2, 0.25) is 0 Å². The fourth-order valence-electron chi connectivity index (χ4n) is 1.65. The molecule has 0 aromatic carbocycles. The van der Waals surface area contributed by atoms with Crippen molar-refractivity contribution in [2.24, 2.45) is 5.73 Å². The lowest BCUT2D eigenvalue weighted by atomic mass is 10.2. The highest BCUT2D eigenvalue weighted by atomic mass is 32.1. The summed E-state index contributed by atoms with van der Waals surface area (Å²) in [5.74, 6) is -0.0310. The molecule has 6 heteroatoms. The standard InChI is InChI=1S/C12H21N5S/c1-2-3-4-5-8-17(10-7-6-9-18-10)12(15)16-11(13)14/h6-7,9H,2-5,8H2,1H3,(H5,13,14,15,16). The van der Waals surface area contributed by atoms with E-state index in [1.807, 2.05) is 22.4 Å². The number of unbranched alkanes of at least 4 members (excludes halogenated alkanes) is 3. The van der Waals surface area contributed by atoms with Gasteiger partial charge in [0.2, 0.25) is 5.96 Å². The number of guanidine groups is 2. The van der Waals surface area contributed by atoms with Crippen molar-refractivity contribution in [2.75, 3.05) is 11.4 Å². The molecule has 0 atom stereocenters. The number of nitrogens with two attached hydrogens (primary N) is 1. The Labute approximate surface area is 112 Å². The second-order valence-corrected chi connectivity index (χ2v) is 4.98. The average molecular weight is 267 g/mol. The third-order valence-corrected chi connectivity index (χ3v) is 3.42. The smallest absolute Gasteiger partial charge is 0.203 e.